The summed E-state index contributed by atoms with van der Waals surface area (Å²) in [7, 11) is 0. The first-order chi connectivity index (χ1) is 11.8. The largest absolute Gasteiger partial charge is 0.443 e. The van der Waals surface area contributed by atoms with E-state index in [4.69, 9.17) is 4.42 Å². The Morgan fingerprint density at radius 1 is 1.17 bits per heavy atom. The summed E-state index contributed by atoms with van der Waals surface area (Å²) in [6.07, 6.45) is 2.28. The Morgan fingerprint density at radius 2 is 2.04 bits per heavy atom. The minimum atomic E-state index is -0.0856. The van der Waals surface area contributed by atoms with Gasteiger partial charge in [0, 0.05) is 23.4 Å². The molecule has 0 saturated carbocycles. The van der Waals surface area contributed by atoms with Gasteiger partial charge in [-0.25, -0.2) is 4.98 Å². The molecule has 1 aliphatic heterocycles. The zero-order valence-corrected chi connectivity index (χ0v) is 13.1. The summed E-state index contributed by atoms with van der Waals surface area (Å²) < 4.78 is 5.49. The molecule has 2 heterocycles. The molecule has 0 unspecified atom stereocenters. The van der Waals surface area contributed by atoms with Crippen molar-refractivity contribution in [3.05, 3.63) is 71.7 Å². The van der Waals surface area contributed by atoms with Gasteiger partial charge < -0.3 is 15.1 Å². The van der Waals surface area contributed by atoms with E-state index >= 15 is 0 Å². The normalized spacial score (nSPS) is 12.5. The summed E-state index contributed by atoms with van der Waals surface area (Å²) in [5, 5.41) is 6.24. The van der Waals surface area contributed by atoms with Crippen LogP contribution in [0.25, 0.3) is 11.3 Å². The lowest BCUT2D eigenvalue weighted by atomic mass is 10.0. The molecule has 2 aromatic carbocycles. The average molecular weight is 319 g/mol. The number of hydrogen-bond donors (Lipinski definition) is 2. The van der Waals surface area contributed by atoms with E-state index in [1.165, 1.54) is 6.39 Å². The third kappa shape index (κ3) is 2.65. The van der Waals surface area contributed by atoms with Crippen molar-refractivity contribution in [3.63, 3.8) is 0 Å². The van der Waals surface area contributed by atoms with Crippen LogP contribution in [0.5, 0.6) is 0 Å². The highest BCUT2D eigenvalue weighted by Crippen LogP contribution is 2.26. The third-order valence-electron chi connectivity index (χ3n) is 4.20. The molecular weight excluding hydrogens is 302 g/mol. The van der Waals surface area contributed by atoms with Crippen LogP contribution in [0.3, 0.4) is 0 Å². The number of nitrogens with one attached hydrogen (secondary N) is 2. The molecule has 2 N–H and O–H groups in total. The van der Waals surface area contributed by atoms with E-state index in [0.717, 1.165) is 41.0 Å². The number of oxazole rings is 1. The highest BCUT2D eigenvalue weighted by molar-refractivity contribution is 5.97. The van der Waals surface area contributed by atoms with Crippen LogP contribution in [0.4, 0.5) is 5.69 Å². The number of amides is 1. The maximum absolute atomic E-state index is 12.6. The highest BCUT2D eigenvalue weighted by Gasteiger charge is 2.19. The number of nitrogens with zero attached hydrogens (tertiary/aromatic N) is 1. The molecule has 0 saturated heterocycles. The first kappa shape index (κ1) is 14.5. The van der Waals surface area contributed by atoms with E-state index in [1.807, 2.05) is 48.5 Å². The molecule has 0 bridgehead atoms. The molecule has 1 amide bonds. The molecule has 0 atom stereocenters. The Labute approximate surface area is 139 Å². The van der Waals surface area contributed by atoms with Gasteiger partial charge in [0.05, 0.1) is 6.54 Å². The smallest absolute Gasteiger partial charge is 0.251 e. The Morgan fingerprint density at radius 3 is 2.92 bits per heavy atom. The maximum Gasteiger partial charge on any atom is 0.251 e. The monoisotopic (exact) mass is 319 g/mol. The van der Waals surface area contributed by atoms with Crippen LogP contribution < -0.4 is 10.6 Å². The van der Waals surface area contributed by atoms with Gasteiger partial charge in [0.2, 0.25) is 0 Å². The molecule has 120 valence electrons. The van der Waals surface area contributed by atoms with E-state index in [1.54, 1.807) is 0 Å². The average Bonchev–Trinajstić information content (AvgIpc) is 3.29. The quantitative estimate of drug-likeness (QED) is 0.775. The van der Waals surface area contributed by atoms with Crippen LogP contribution in [-0.2, 0) is 13.0 Å². The van der Waals surface area contributed by atoms with Crippen LogP contribution >= 0.6 is 0 Å². The van der Waals surface area contributed by atoms with Gasteiger partial charge in [-0.3, -0.25) is 4.79 Å². The molecule has 4 rings (SSSR count). The number of hydrogen-bond acceptors (Lipinski definition) is 4. The van der Waals surface area contributed by atoms with Crippen molar-refractivity contribution in [2.45, 2.75) is 13.0 Å². The topological polar surface area (TPSA) is 67.2 Å². The highest BCUT2D eigenvalue weighted by atomic mass is 16.3. The Hall–Kier alpha value is -3.08. The molecule has 0 radical (unpaired) electrons. The molecular formula is C19H17N3O2. The zero-order chi connectivity index (χ0) is 16.4. The number of benzene rings is 2. The fraction of sp³-hybridized carbons (Fsp3) is 0.158. The maximum atomic E-state index is 12.6. The lowest BCUT2D eigenvalue weighted by Gasteiger charge is -2.08. The van der Waals surface area contributed by atoms with Crippen molar-refractivity contribution in [1.82, 2.24) is 10.3 Å². The Kier molecular flexibility index (Phi) is 3.75. The minimum absolute atomic E-state index is 0.0856. The summed E-state index contributed by atoms with van der Waals surface area (Å²) in [6, 6.07) is 15.5. The summed E-state index contributed by atoms with van der Waals surface area (Å²) in [5.41, 5.74) is 4.53. The van der Waals surface area contributed by atoms with Crippen LogP contribution in [0.15, 0.2) is 59.3 Å². The molecule has 1 aliphatic rings. The van der Waals surface area contributed by atoms with Gasteiger partial charge in [0.15, 0.2) is 12.2 Å². The number of carbonyl (C=O) groups is 1. The van der Waals surface area contributed by atoms with Gasteiger partial charge in [-0.05, 0) is 24.1 Å². The molecule has 1 aromatic heterocycles. The Balaban J connectivity index is 1.52. The number of anilines is 1. The summed E-state index contributed by atoms with van der Waals surface area (Å²) in [5.74, 6) is 0.605. The number of aromatic nitrogens is 1. The molecule has 0 aliphatic carbocycles. The molecule has 24 heavy (non-hydrogen) atoms. The van der Waals surface area contributed by atoms with Crippen molar-refractivity contribution in [3.8, 4) is 11.3 Å². The fourth-order valence-electron chi connectivity index (χ4n) is 3.04. The second-order valence-corrected chi connectivity index (χ2v) is 5.69. The summed E-state index contributed by atoms with van der Waals surface area (Å²) in [4.78, 5) is 16.8. The zero-order valence-electron chi connectivity index (χ0n) is 13.1. The van der Waals surface area contributed by atoms with Gasteiger partial charge in [-0.1, -0.05) is 36.4 Å². The molecule has 5 nitrogen and oxygen atoms in total. The van der Waals surface area contributed by atoms with Crippen LogP contribution in [0.1, 0.15) is 21.6 Å². The predicted octanol–water partition coefficient (Wildman–Crippen LogP) is 3.24. The third-order valence-corrected chi connectivity index (χ3v) is 4.20. The lowest BCUT2D eigenvalue weighted by Crippen LogP contribution is -2.24. The summed E-state index contributed by atoms with van der Waals surface area (Å²) in [6.45, 7) is 1.21. The van der Waals surface area contributed by atoms with Gasteiger partial charge in [0.1, 0.15) is 5.69 Å². The van der Waals surface area contributed by atoms with Crippen molar-refractivity contribution < 1.29 is 9.21 Å². The minimum Gasteiger partial charge on any atom is -0.443 e. The van der Waals surface area contributed by atoms with Crippen LogP contribution in [0.2, 0.25) is 0 Å². The molecule has 0 fully saturated rings. The number of fused-ring (bicyclic) bond motifs is 1. The predicted molar refractivity (Wildman–Crippen MR) is 91.7 cm³/mol. The first-order valence-electron chi connectivity index (χ1n) is 7.94. The van der Waals surface area contributed by atoms with Gasteiger partial charge in [0.25, 0.3) is 5.91 Å². The fourth-order valence-corrected chi connectivity index (χ4v) is 3.04. The Bertz CT molecular complexity index is 871. The second kappa shape index (κ2) is 6.20. The summed E-state index contributed by atoms with van der Waals surface area (Å²) >= 11 is 0. The van der Waals surface area contributed by atoms with E-state index in [0.29, 0.717) is 12.3 Å². The number of rotatable bonds is 4. The van der Waals surface area contributed by atoms with Gasteiger partial charge in [-0.2, -0.15) is 0 Å². The van der Waals surface area contributed by atoms with E-state index in [-0.39, 0.29) is 5.91 Å². The molecule has 5 heteroatoms. The first-order valence-corrected chi connectivity index (χ1v) is 7.94. The number of carbonyl (C=O) groups excluding carboxylic acids is 1. The van der Waals surface area contributed by atoms with Crippen LogP contribution in [0, 0.1) is 0 Å². The lowest BCUT2D eigenvalue weighted by molar-refractivity contribution is 0.0950. The van der Waals surface area contributed by atoms with E-state index in [9.17, 15) is 4.79 Å². The van der Waals surface area contributed by atoms with Crippen molar-refractivity contribution in [2.24, 2.45) is 0 Å². The van der Waals surface area contributed by atoms with E-state index in [2.05, 4.69) is 15.6 Å². The van der Waals surface area contributed by atoms with Gasteiger partial charge in [-0.15, -0.1) is 0 Å². The van der Waals surface area contributed by atoms with Crippen molar-refractivity contribution in [2.75, 3.05) is 11.9 Å². The second-order valence-electron chi connectivity index (χ2n) is 5.69. The standard InChI is InChI=1S/C19H17N3O2/c23-19(15-7-4-8-16-14(15)9-10-20-16)21-11-17-18(24-12-22-17)13-5-2-1-3-6-13/h1-8,12,20H,9-11H2,(H,21,23). The van der Waals surface area contributed by atoms with Crippen LogP contribution in [-0.4, -0.2) is 17.4 Å². The SMILES string of the molecule is O=C(NCc1ncoc1-c1ccccc1)c1cccc2c1CCN2. The molecule has 3 aromatic rings. The van der Waals surface area contributed by atoms with Gasteiger partial charge >= 0.3 is 0 Å². The van der Waals surface area contributed by atoms with Crippen molar-refractivity contribution >= 4 is 11.6 Å². The van der Waals surface area contributed by atoms with Crippen molar-refractivity contribution in [1.29, 1.82) is 0 Å². The molecule has 0 spiro atoms. The van der Waals surface area contributed by atoms with E-state index < -0.39 is 0 Å².